The third-order valence-electron chi connectivity index (χ3n) is 2.74. The van der Waals surface area contributed by atoms with Gasteiger partial charge in [0.1, 0.15) is 11.5 Å². The predicted molar refractivity (Wildman–Crippen MR) is 70.0 cm³/mol. The summed E-state index contributed by atoms with van der Waals surface area (Å²) < 4.78 is 42.6. The summed E-state index contributed by atoms with van der Waals surface area (Å²) in [5.41, 5.74) is -1.20. The van der Waals surface area contributed by atoms with E-state index >= 15 is 0 Å². The predicted octanol–water partition coefficient (Wildman–Crippen LogP) is 4.22. The summed E-state index contributed by atoms with van der Waals surface area (Å²) >= 11 is 0. The zero-order valence-electron chi connectivity index (χ0n) is 10.8. The van der Waals surface area contributed by atoms with Crippen molar-refractivity contribution >= 4 is 12.0 Å². The lowest BCUT2D eigenvalue weighted by Gasteiger charge is -2.10. The van der Waals surface area contributed by atoms with Crippen LogP contribution in [0.15, 0.2) is 42.5 Å². The molecule has 0 atom stereocenters. The molecule has 0 fully saturated rings. The first-order valence-corrected chi connectivity index (χ1v) is 5.90. The van der Waals surface area contributed by atoms with Gasteiger partial charge in [-0.2, -0.15) is 13.2 Å². The fraction of sp³-hybridized carbons (Fsp3) is 0.0714. The molecule has 0 amide bonds. The van der Waals surface area contributed by atoms with Gasteiger partial charge < -0.3 is 4.74 Å². The van der Waals surface area contributed by atoms with Gasteiger partial charge in [-0.15, -0.1) is 0 Å². The van der Waals surface area contributed by atoms with E-state index in [-0.39, 0.29) is 22.7 Å². The lowest BCUT2D eigenvalue weighted by atomic mass is 10.2. The summed E-state index contributed by atoms with van der Waals surface area (Å²) in [6.45, 7) is 0. The molecule has 5 nitrogen and oxygen atoms in total. The van der Waals surface area contributed by atoms with E-state index in [0.717, 1.165) is 36.4 Å². The number of nitrogens with zero attached hydrogens (tertiary/aromatic N) is 1. The number of halogens is 3. The molecule has 114 valence electrons. The van der Waals surface area contributed by atoms with Crippen molar-refractivity contribution in [2.75, 3.05) is 0 Å². The Hall–Kier alpha value is -2.90. The van der Waals surface area contributed by atoms with Crippen LogP contribution in [-0.4, -0.2) is 11.2 Å². The molecule has 0 aliphatic rings. The molecular formula is C14H8F3NO4. The van der Waals surface area contributed by atoms with Crippen LogP contribution in [-0.2, 0) is 6.18 Å². The highest BCUT2D eigenvalue weighted by molar-refractivity contribution is 5.80. The average molecular weight is 311 g/mol. The van der Waals surface area contributed by atoms with E-state index in [1.165, 1.54) is 6.07 Å². The Kier molecular flexibility index (Phi) is 4.11. The van der Waals surface area contributed by atoms with Crippen molar-refractivity contribution in [3.8, 4) is 11.5 Å². The maximum Gasteiger partial charge on any atom is 0.416 e. The molecule has 0 saturated carbocycles. The second kappa shape index (κ2) is 5.84. The van der Waals surface area contributed by atoms with Crippen LogP contribution in [0, 0.1) is 10.1 Å². The Labute approximate surface area is 122 Å². The van der Waals surface area contributed by atoms with E-state index in [2.05, 4.69) is 0 Å². The first-order valence-electron chi connectivity index (χ1n) is 5.90. The molecule has 0 unspecified atom stereocenters. The number of benzene rings is 2. The molecule has 2 aromatic rings. The number of alkyl halides is 3. The zero-order valence-corrected chi connectivity index (χ0v) is 10.8. The Bertz CT molecular complexity index is 711. The second-order valence-electron chi connectivity index (χ2n) is 4.22. The van der Waals surface area contributed by atoms with Gasteiger partial charge in [0.25, 0.3) is 5.69 Å². The molecule has 2 rings (SSSR count). The number of carbonyl (C=O) groups excluding carboxylic acids is 1. The molecule has 0 aromatic heterocycles. The van der Waals surface area contributed by atoms with Gasteiger partial charge in [0.2, 0.25) is 0 Å². The van der Waals surface area contributed by atoms with E-state index in [0.29, 0.717) is 6.29 Å². The summed E-state index contributed by atoms with van der Waals surface area (Å²) in [4.78, 5) is 20.9. The fourth-order valence-corrected chi connectivity index (χ4v) is 1.67. The number of nitro benzene ring substituents is 1. The first-order chi connectivity index (χ1) is 10.3. The van der Waals surface area contributed by atoms with Crippen LogP contribution >= 0.6 is 0 Å². The van der Waals surface area contributed by atoms with E-state index in [4.69, 9.17) is 4.74 Å². The van der Waals surface area contributed by atoms with Crippen molar-refractivity contribution in [3.05, 3.63) is 63.7 Å². The molecule has 0 aliphatic carbocycles. The van der Waals surface area contributed by atoms with E-state index in [1.807, 2.05) is 0 Å². The highest BCUT2D eigenvalue weighted by atomic mass is 19.4. The molecule has 0 radical (unpaired) electrons. The van der Waals surface area contributed by atoms with Gasteiger partial charge in [0, 0.05) is 12.1 Å². The van der Waals surface area contributed by atoms with Crippen molar-refractivity contribution in [1.82, 2.24) is 0 Å². The molecule has 0 bridgehead atoms. The molecule has 0 spiro atoms. The van der Waals surface area contributed by atoms with Crippen LogP contribution in [0.25, 0.3) is 0 Å². The number of non-ortho nitro benzene ring substituents is 1. The largest absolute Gasteiger partial charge is 0.457 e. The summed E-state index contributed by atoms with van der Waals surface area (Å²) in [5.74, 6) is 0.0883. The molecular weight excluding hydrogens is 303 g/mol. The van der Waals surface area contributed by atoms with Gasteiger partial charge in [-0.05, 0) is 30.3 Å². The van der Waals surface area contributed by atoms with Crippen molar-refractivity contribution in [2.45, 2.75) is 6.18 Å². The van der Waals surface area contributed by atoms with Crippen molar-refractivity contribution in [2.24, 2.45) is 0 Å². The van der Waals surface area contributed by atoms with Gasteiger partial charge in [-0.25, -0.2) is 0 Å². The number of aldehydes is 1. The third kappa shape index (κ3) is 3.40. The lowest BCUT2D eigenvalue weighted by Crippen LogP contribution is -2.04. The van der Waals surface area contributed by atoms with Crippen LogP contribution in [0.3, 0.4) is 0 Å². The minimum absolute atomic E-state index is 0.0142. The molecule has 8 heteroatoms. The molecule has 0 aliphatic heterocycles. The van der Waals surface area contributed by atoms with E-state index in [1.54, 1.807) is 0 Å². The Morgan fingerprint density at radius 1 is 1.09 bits per heavy atom. The van der Waals surface area contributed by atoms with Crippen LogP contribution in [0.4, 0.5) is 18.9 Å². The summed E-state index contributed by atoms with van der Waals surface area (Å²) in [7, 11) is 0. The summed E-state index contributed by atoms with van der Waals surface area (Å²) in [6, 6.07) is 7.22. The Morgan fingerprint density at radius 3 is 2.23 bits per heavy atom. The highest BCUT2D eigenvalue weighted by Crippen LogP contribution is 2.32. The molecule has 0 heterocycles. The smallest absolute Gasteiger partial charge is 0.416 e. The number of hydrogen-bond acceptors (Lipinski definition) is 4. The van der Waals surface area contributed by atoms with Gasteiger partial charge in [-0.3, -0.25) is 14.9 Å². The highest BCUT2D eigenvalue weighted by Gasteiger charge is 2.30. The van der Waals surface area contributed by atoms with Gasteiger partial charge in [0.15, 0.2) is 6.29 Å². The number of hydrogen-bond donors (Lipinski definition) is 0. The number of ether oxygens (including phenoxy) is 1. The number of nitro groups is 1. The van der Waals surface area contributed by atoms with Gasteiger partial charge in [-0.1, -0.05) is 0 Å². The molecule has 0 saturated heterocycles. The van der Waals surface area contributed by atoms with Crippen molar-refractivity contribution < 1.29 is 27.6 Å². The van der Waals surface area contributed by atoms with Crippen molar-refractivity contribution in [1.29, 1.82) is 0 Å². The summed E-state index contributed by atoms with van der Waals surface area (Å²) in [6.07, 6.45) is -4.09. The molecule has 22 heavy (non-hydrogen) atoms. The number of rotatable bonds is 4. The van der Waals surface area contributed by atoms with Gasteiger partial charge in [0.05, 0.1) is 16.1 Å². The first kappa shape index (κ1) is 15.5. The quantitative estimate of drug-likeness (QED) is 0.481. The van der Waals surface area contributed by atoms with Crippen LogP contribution < -0.4 is 4.74 Å². The van der Waals surface area contributed by atoms with Crippen LogP contribution in [0.1, 0.15) is 15.9 Å². The molecule has 2 aromatic carbocycles. The maximum absolute atomic E-state index is 12.4. The standard InChI is InChI=1S/C14H8F3NO4/c15-14(16,17)10-1-4-12(5-2-10)22-13-6-3-11(18(20)21)7-9(13)8-19/h1-8H. The second-order valence-corrected chi connectivity index (χ2v) is 4.22. The normalized spacial score (nSPS) is 11.0. The van der Waals surface area contributed by atoms with E-state index < -0.39 is 16.7 Å². The van der Waals surface area contributed by atoms with Crippen LogP contribution in [0.2, 0.25) is 0 Å². The minimum atomic E-state index is -4.46. The zero-order chi connectivity index (χ0) is 16.3. The Morgan fingerprint density at radius 2 is 1.73 bits per heavy atom. The number of carbonyl (C=O) groups is 1. The van der Waals surface area contributed by atoms with E-state index in [9.17, 15) is 28.1 Å². The lowest BCUT2D eigenvalue weighted by molar-refractivity contribution is -0.384. The SMILES string of the molecule is O=Cc1cc([N+](=O)[O-])ccc1Oc1ccc(C(F)(F)F)cc1. The average Bonchev–Trinajstić information content (AvgIpc) is 2.47. The Balaban J connectivity index is 2.27. The van der Waals surface area contributed by atoms with Crippen molar-refractivity contribution in [3.63, 3.8) is 0 Å². The third-order valence-corrected chi connectivity index (χ3v) is 2.74. The fourth-order valence-electron chi connectivity index (χ4n) is 1.67. The summed E-state index contributed by atoms with van der Waals surface area (Å²) in [5, 5.41) is 10.6. The van der Waals surface area contributed by atoms with Gasteiger partial charge >= 0.3 is 6.18 Å². The topological polar surface area (TPSA) is 69.4 Å². The monoisotopic (exact) mass is 311 g/mol. The van der Waals surface area contributed by atoms with Crippen LogP contribution in [0.5, 0.6) is 11.5 Å². The maximum atomic E-state index is 12.4. The molecule has 0 N–H and O–H groups in total. The minimum Gasteiger partial charge on any atom is -0.457 e.